The molecule has 2 heterocycles. The van der Waals surface area contributed by atoms with E-state index in [9.17, 15) is 0 Å². The third kappa shape index (κ3) is 5.82. The average molecular weight is 427 g/mol. The van der Waals surface area contributed by atoms with Crippen LogP contribution in [-0.2, 0) is 16.0 Å². The Kier molecular flexibility index (Phi) is 7.31. The largest absolute Gasteiger partial charge is 0.345 e. The molecule has 0 spiro atoms. The zero-order chi connectivity index (χ0) is 22.3. The predicted molar refractivity (Wildman–Crippen MR) is 131 cm³/mol. The quantitative estimate of drug-likeness (QED) is 0.406. The maximum absolute atomic E-state index is 6.08. The van der Waals surface area contributed by atoms with Crippen molar-refractivity contribution in [3.63, 3.8) is 0 Å². The van der Waals surface area contributed by atoms with Crippen LogP contribution in [0.1, 0.15) is 60.8 Å². The predicted octanol–water partition coefficient (Wildman–Crippen LogP) is 6.44. The number of rotatable bonds is 7. The van der Waals surface area contributed by atoms with E-state index in [4.69, 9.17) is 9.47 Å². The van der Waals surface area contributed by atoms with Crippen molar-refractivity contribution in [2.75, 3.05) is 0 Å². The van der Waals surface area contributed by atoms with Crippen molar-refractivity contribution in [1.29, 1.82) is 0 Å². The van der Waals surface area contributed by atoms with E-state index in [-0.39, 0.29) is 18.5 Å². The van der Waals surface area contributed by atoms with Gasteiger partial charge in [0.05, 0.1) is 12.2 Å². The lowest BCUT2D eigenvalue weighted by Gasteiger charge is -2.34. The second-order valence-electron chi connectivity index (χ2n) is 8.43. The van der Waals surface area contributed by atoms with Gasteiger partial charge in [-0.1, -0.05) is 80.3 Å². The summed E-state index contributed by atoms with van der Waals surface area (Å²) in [5.41, 5.74) is 5.82. The Morgan fingerprint density at radius 2 is 1.50 bits per heavy atom. The van der Waals surface area contributed by atoms with Crippen LogP contribution in [0.5, 0.6) is 0 Å². The van der Waals surface area contributed by atoms with Crippen LogP contribution in [0.15, 0.2) is 79.6 Å². The smallest absolute Gasteiger partial charge is 0.184 e. The van der Waals surface area contributed by atoms with E-state index in [2.05, 4.69) is 110 Å². The van der Waals surface area contributed by atoms with E-state index in [1.165, 1.54) is 11.1 Å². The maximum atomic E-state index is 6.08. The van der Waals surface area contributed by atoms with Crippen molar-refractivity contribution in [1.82, 2.24) is 0 Å². The summed E-state index contributed by atoms with van der Waals surface area (Å²) in [4.78, 5) is 0. The topological polar surface area (TPSA) is 22.3 Å². The van der Waals surface area contributed by atoms with Gasteiger partial charge in [0, 0.05) is 23.3 Å². The number of nitrogens with zero attached hydrogens (tertiary/aromatic N) is 1. The van der Waals surface area contributed by atoms with Crippen LogP contribution >= 0.6 is 0 Å². The third-order valence-electron chi connectivity index (χ3n) is 5.90. The van der Waals surface area contributed by atoms with Gasteiger partial charge in [-0.05, 0) is 36.5 Å². The molecule has 1 aromatic heterocycles. The van der Waals surface area contributed by atoms with Crippen molar-refractivity contribution >= 4 is 18.2 Å². The molecular formula is C29H32NO2+. The van der Waals surface area contributed by atoms with Crippen molar-refractivity contribution in [2.24, 2.45) is 0 Å². The molecule has 2 aromatic carbocycles. The minimum Gasteiger partial charge on any atom is -0.345 e. The standard InChI is InChI=1S/C29H32NO2/c1-4-23-6-10-26(11-7-23)21-30-18-16-25(17-19-30)9-8-24-12-14-27(15-13-24)29-31-22(3)20-28(5-2)32-29/h4,6-19,22,28-29H,1,5,20-21H2,2-3H3/q+1/b9-8+. The highest BCUT2D eigenvalue weighted by Gasteiger charge is 2.27. The monoisotopic (exact) mass is 426 g/mol. The van der Waals surface area contributed by atoms with Crippen molar-refractivity contribution in [2.45, 2.75) is 51.7 Å². The maximum Gasteiger partial charge on any atom is 0.184 e. The molecule has 3 nitrogen and oxygen atoms in total. The number of aromatic nitrogens is 1. The SMILES string of the molecule is C=Cc1ccc(C[n+]2ccc(/C=C/c3ccc(C4OC(C)CC(CC)O4)cc3)cc2)cc1. The summed E-state index contributed by atoms with van der Waals surface area (Å²) in [6.07, 6.45) is 12.6. The first-order chi connectivity index (χ1) is 15.6. The molecule has 3 aromatic rings. The third-order valence-corrected chi connectivity index (χ3v) is 5.90. The van der Waals surface area contributed by atoms with Crippen LogP contribution in [0.4, 0.5) is 0 Å². The molecule has 0 bridgehead atoms. The lowest BCUT2D eigenvalue weighted by Crippen LogP contribution is -2.33. The van der Waals surface area contributed by atoms with Crippen LogP contribution < -0.4 is 4.57 Å². The molecule has 164 valence electrons. The van der Waals surface area contributed by atoms with E-state index in [0.29, 0.717) is 0 Å². The molecule has 0 amide bonds. The normalized spacial score (nSPS) is 21.0. The molecule has 3 atom stereocenters. The number of hydrogen-bond donors (Lipinski definition) is 0. The van der Waals surface area contributed by atoms with Gasteiger partial charge in [0.2, 0.25) is 0 Å². The molecular weight excluding hydrogens is 394 g/mol. The molecule has 1 aliphatic heterocycles. The molecule has 4 rings (SSSR count). The first kappa shape index (κ1) is 22.2. The van der Waals surface area contributed by atoms with Crippen molar-refractivity contribution < 1.29 is 14.0 Å². The zero-order valence-electron chi connectivity index (χ0n) is 19.0. The molecule has 1 saturated heterocycles. The summed E-state index contributed by atoms with van der Waals surface area (Å²) in [6.45, 7) is 8.95. The van der Waals surface area contributed by atoms with E-state index >= 15 is 0 Å². The average Bonchev–Trinajstić information content (AvgIpc) is 2.84. The van der Waals surface area contributed by atoms with Gasteiger partial charge < -0.3 is 9.47 Å². The number of pyridine rings is 1. The van der Waals surface area contributed by atoms with E-state index in [0.717, 1.165) is 36.1 Å². The first-order valence-electron chi connectivity index (χ1n) is 11.4. The van der Waals surface area contributed by atoms with Gasteiger partial charge in [-0.3, -0.25) is 0 Å². The molecule has 1 fully saturated rings. The van der Waals surface area contributed by atoms with E-state index in [1.807, 2.05) is 6.08 Å². The summed E-state index contributed by atoms with van der Waals surface area (Å²) in [5.74, 6) is 0. The van der Waals surface area contributed by atoms with Crippen LogP contribution in [-0.4, -0.2) is 12.2 Å². The summed E-state index contributed by atoms with van der Waals surface area (Å²) < 4.78 is 14.3. The van der Waals surface area contributed by atoms with Crippen LogP contribution in [0.3, 0.4) is 0 Å². The highest BCUT2D eigenvalue weighted by atomic mass is 16.7. The van der Waals surface area contributed by atoms with Gasteiger partial charge in [0.1, 0.15) is 0 Å². The Morgan fingerprint density at radius 1 is 0.875 bits per heavy atom. The summed E-state index contributed by atoms with van der Waals surface area (Å²) in [5, 5.41) is 0. The fraction of sp³-hybridized carbons (Fsp3) is 0.276. The fourth-order valence-electron chi connectivity index (χ4n) is 3.93. The highest BCUT2D eigenvalue weighted by molar-refractivity contribution is 5.69. The fourth-order valence-corrected chi connectivity index (χ4v) is 3.93. The highest BCUT2D eigenvalue weighted by Crippen LogP contribution is 2.31. The van der Waals surface area contributed by atoms with E-state index < -0.39 is 0 Å². The minimum absolute atomic E-state index is 0.227. The lowest BCUT2D eigenvalue weighted by atomic mass is 10.1. The summed E-state index contributed by atoms with van der Waals surface area (Å²) in [6, 6.07) is 21.2. The van der Waals surface area contributed by atoms with Gasteiger partial charge in [-0.25, -0.2) is 4.57 Å². The van der Waals surface area contributed by atoms with Gasteiger partial charge in [0.15, 0.2) is 25.2 Å². The van der Waals surface area contributed by atoms with Gasteiger partial charge >= 0.3 is 0 Å². The molecule has 32 heavy (non-hydrogen) atoms. The Hall–Kier alpha value is -3.01. The molecule has 1 aliphatic rings. The number of hydrogen-bond acceptors (Lipinski definition) is 2. The zero-order valence-corrected chi connectivity index (χ0v) is 19.0. The first-order valence-corrected chi connectivity index (χ1v) is 11.4. The van der Waals surface area contributed by atoms with E-state index in [1.54, 1.807) is 0 Å². The van der Waals surface area contributed by atoms with Crippen molar-refractivity contribution in [3.8, 4) is 0 Å². The van der Waals surface area contributed by atoms with Gasteiger partial charge in [0.25, 0.3) is 0 Å². The van der Waals surface area contributed by atoms with Gasteiger partial charge in [-0.2, -0.15) is 0 Å². The molecule has 0 N–H and O–H groups in total. The summed E-state index contributed by atoms with van der Waals surface area (Å²) in [7, 11) is 0. The molecule has 3 unspecified atom stereocenters. The lowest BCUT2D eigenvalue weighted by molar-refractivity contribution is -0.688. The van der Waals surface area contributed by atoms with Crippen LogP contribution in [0.25, 0.3) is 18.2 Å². The Bertz CT molecular complexity index is 1040. The Morgan fingerprint density at radius 3 is 2.12 bits per heavy atom. The molecule has 0 radical (unpaired) electrons. The Labute approximate surface area is 191 Å². The molecule has 0 aliphatic carbocycles. The Balaban J connectivity index is 1.36. The number of benzene rings is 2. The minimum atomic E-state index is -0.265. The summed E-state index contributed by atoms with van der Waals surface area (Å²) >= 11 is 0. The molecule has 3 heteroatoms. The number of ether oxygens (including phenoxy) is 2. The van der Waals surface area contributed by atoms with Crippen LogP contribution in [0, 0.1) is 0 Å². The van der Waals surface area contributed by atoms with Gasteiger partial charge in [-0.15, -0.1) is 0 Å². The molecule has 0 saturated carbocycles. The van der Waals surface area contributed by atoms with Crippen LogP contribution in [0.2, 0.25) is 0 Å². The van der Waals surface area contributed by atoms with Crippen molar-refractivity contribution in [3.05, 3.63) is 107 Å². The second-order valence-corrected chi connectivity index (χ2v) is 8.43. The second kappa shape index (κ2) is 10.5.